The summed E-state index contributed by atoms with van der Waals surface area (Å²) in [6.45, 7) is 0.117. The molecule has 0 fully saturated rings. The largest absolute Gasteiger partial charge is 0.395 e. The van der Waals surface area contributed by atoms with Gasteiger partial charge in [0, 0.05) is 6.04 Å². The second-order valence-electron chi connectivity index (χ2n) is 2.55. The van der Waals surface area contributed by atoms with Gasteiger partial charge in [-0.3, -0.25) is 0 Å². The molecule has 0 aromatic heterocycles. The molecule has 1 aliphatic rings. The summed E-state index contributed by atoms with van der Waals surface area (Å²) in [5.74, 6) is 0.495. The normalized spacial score (nSPS) is 22.9. The summed E-state index contributed by atoms with van der Waals surface area (Å²) in [5.41, 5.74) is 5.59. The van der Waals surface area contributed by atoms with Gasteiger partial charge in [0.1, 0.15) is 0 Å². The Labute approximate surface area is 55.4 Å². The first kappa shape index (κ1) is 6.78. The zero-order valence-corrected chi connectivity index (χ0v) is 5.46. The average molecular weight is 127 g/mol. The van der Waals surface area contributed by atoms with Crippen LogP contribution in [0.5, 0.6) is 0 Å². The lowest BCUT2D eigenvalue weighted by molar-refractivity contribution is 0.230. The Hall–Kier alpha value is -0.340. The summed E-state index contributed by atoms with van der Waals surface area (Å²) < 4.78 is 0. The second kappa shape index (κ2) is 2.99. The summed E-state index contributed by atoms with van der Waals surface area (Å²) in [7, 11) is 0. The van der Waals surface area contributed by atoms with Gasteiger partial charge < -0.3 is 10.8 Å². The molecule has 0 aliphatic heterocycles. The van der Waals surface area contributed by atoms with Crippen molar-refractivity contribution in [3.63, 3.8) is 0 Å². The van der Waals surface area contributed by atoms with Gasteiger partial charge in [-0.15, -0.1) is 0 Å². The van der Waals surface area contributed by atoms with Crippen LogP contribution < -0.4 is 5.73 Å². The third-order valence-electron chi connectivity index (χ3n) is 1.86. The van der Waals surface area contributed by atoms with Crippen molar-refractivity contribution in [2.75, 3.05) is 6.61 Å². The molecule has 0 spiro atoms. The SMILES string of the molecule is NC(CO)C1CC=CC1. The molecule has 9 heavy (non-hydrogen) atoms. The minimum Gasteiger partial charge on any atom is -0.395 e. The van der Waals surface area contributed by atoms with E-state index in [1.807, 2.05) is 0 Å². The molecule has 0 aromatic rings. The Bertz CT molecular complexity index is 103. The van der Waals surface area contributed by atoms with Crippen LogP contribution in [-0.4, -0.2) is 17.8 Å². The third-order valence-corrected chi connectivity index (χ3v) is 1.86. The van der Waals surface area contributed by atoms with Crippen LogP contribution in [0.2, 0.25) is 0 Å². The fourth-order valence-corrected chi connectivity index (χ4v) is 1.14. The molecule has 1 unspecified atom stereocenters. The van der Waals surface area contributed by atoms with Gasteiger partial charge in [-0.2, -0.15) is 0 Å². The van der Waals surface area contributed by atoms with Crippen molar-refractivity contribution in [2.24, 2.45) is 11.7 Å². The molecule has 0 aromatic carbocycles. The molecule has 2 nitrogen and oxygen atoms in total. The summed E-state index contributed by atoms with van der Waals surface area (Å²) in [6, 6.07) is -0.0139. The van der Waals surface area contributed by atoms with Crippen LogP contribution >= 0.6 is 0 Å². The van der Waals surface area contributed by atoms with Crippen LogP contribution in [0, 0.1) is 5.92 Å². The first-order chi connectivity index (χ1) is 4.34. The molecule has 0 heterocycles. The highest BCUT2D eigenvalue weighted by Crippen LogP contribution is 2.19. The minimum atomic E-state index is -0.0139. The smallest absolute Gasteiger partial charge is 0.0585 e. The number of hydrogen-bond donors (Lipinski definition) is 2. The Kier molecular flexibility index (Phi) is 2.25. The van der Waals surface area contributed by atoms with Crippen LogP contribution in [0.3, 0.4) is 0 Å². The highest BCUT2D eigenvalue weighted by Gasteiger charge is 2.16. The number of nitrogens with two attached hydrogens (primary N) is 1. The van der Waals surface area contributed by atoms with E-state index < -0.39 is 0 Å². The van der Waals surface area contributed by atoms with Crippen LogP contribution in [0.15, 0.2) is 12.2 Å². The minimum absolute atomic E-state index is 0.0139. The first-order valence-electron chi connectivity index (χ1n) is 3.36. The van der Waals surface area contributed by atoms with E-state index in [1.54, 1.807) is 0 Å². The lowest BCUT2D eigenvalue weighted by Crippen LogP contribution is -2.32. The molecule has 0 bridgehead atoms. The maximum Gasteiger partial charge on any atom is 0.0585 e. The van der Waals surface area contributed by atoms with Gasteiger partial charge in [-0.05, 0) is 18.8 Å². The van der Waals surface area contributed by atoms with E-state index >= 15 is 0 Å². The monoisotopic (exact) mass is 127 g/mol. The molecule has 1 atom stereocenters. The zero-order valence-electron chi connectivity index (χ0n) is 5.46. The second-order valence-corrected chi connectivity index (χ2v) is 2.55. The van der Waals surface area contributed by atoms with Crippen LogP contribution in [0.1, 0.15) is 12.8 Å². The number of allylic oxidation sites excluding steroid dienone is 2. The van der Waals surface area contributed by atoms with E-state index in [0.717, 1.165) is 12.8 Å². The Morgan fingerprint density at radius 1 is 1.56 bits per heavy atom. The Morgan fingerprint density at radius 3 is 2.56 bits per heavy atom. The van der Waals surface area contributed by atoms with Crippen LogP contribution in [-0.2, 0) is 0 Å². The van der Waals surface area contributed by atoms with Crippen molar-refractivity contribution in [2.45, 2.75) is 18.9 Å². The standard InChI is InChI=1S/C7H13NO/c8-7(5-9)6-3-1-2-4-6/h1-2,6-7,9H,3-5,8H2. The third kappa shape index (κ3) is 1.53. The summed E-state index contributed by atoms with van der Waals surface area (Å²) >= 11 is 0. The summed E-state index contributed by atoms with van der Waals surface area (Å²) in [6.07, 6.45) is 6.34. The highest BCUT2D eigenvalue weighted by atomic mass is 16.3. The molecule has 2 heteroatoms. The highest BCUT2D eigenvalue weighted by molar-refractivity contribution is 4.97. The van der Waals surface area contributed by atoms with Crippen LogP contribution in [0.25, 0.3) is 0 Å². The Balaban J connectivity index is 2.27. The molecular weight excluding hydrogens is 114 g/mol. The Morgan fingerprint density at radius 2 is 2.11 bits per heavy atom. The van der Waals surface area contributed by atoms with Gasteiger partial charge in [-0.25, -0.2) is 0 Å². The van der Waals surface area contributed by atoms with E-state index in [1.165, 1.54) is 0 Å². The molecule has 52 valence electrons. The van der Waals surface area contributed by atoms with Gasteiger partial charge in [0.05, 0.1) is 6.61 Å². The molecule has 3 N–H and O–H groups in total. The van der Waals surface area contributed by atoms with E-state index in [2.05, 4.69) is 12.2 Å². The number of rotatable bonds is 2. The zero-order chi connectivity index (χ0) is 6.69. The maximum absolute atomic E-state index is 8.64. The summed E-state index contributed by atoms with van der Waals surface area (Å²) in [5, 5.41) is 8.64. The molecule has 0 radical (unpaired) electrons. The maximum atomic E-state index is 8.64. The van der Waals surface area contributed by atoms with Crippen molar-refractivity contribution in [3.8, 4) is 0 Å². The lowest BCUT2D eigenvalue weighted by Gasteiger charge is -2.14. The van der Waals surface area contributed by atoms with Crippen LogP contribution in [0.4, 0.5) is 0 Å². The van der Waals surface area contributed by atoms with Gasteiger partial charge >= 0.3 is 0 Å². The number of aliphatic hydroxyl groups is 1. The van der Waals surface area contributed by atoms with E-state index in [0.29, 0.717) is 5.92 Å². The van der Waals surface area contributed by atoms with Crippen molar-refractivity contribution < 1.29 is 5.11 Å². The predicted octanol–water partition coefficient (Wildman–Crippen LogP) is 0.272. The quantitative estimate of drug-likeness (QED) is 0.523. The molecule has 1 aliphatic carbocycles. The fourth-order valence-electron chi connectivity index (χ4n) is 1.14. The first-order valence-corrected chi connectivity index (χ1v) is 3.36. The molecular formula is C7H13NO. The summed E-state index contributed by atoms with van der Waals surface area (Å²) in [4.78, 5) is 0. The number of aliphatic hydroxyl groups excluding tert-OH is 1. The molecule has 0 amide bonds. The van der Waals surface area contributed by atoms with Gasteiger partial charge in [0.2, 0.25) is 0 Å². The number of hydrogen-bond acceptors (Lipinski definition) is 2. The van der Waals surface area contributed by atoms with E-state index in [4.69, 9.17) is 10.8 Å². The van der Waals surface area contributed by atoms with E-state index in [9.17, 15) is 0 Å². The van der Waals surface area contributed by atoms with Gasteiger partial charge in [-0.1, -0.05) is 12.2 Å². The lowest BCUT2D eigenvalue weighted by atomic mass is 9.99. The topological polar surface area (TPSA) is 46.2 Å². The molecule has 0 saturated carbocycles. The van der Waals surface area contributed by atoms with Crippen molar-refractivity contribution in [1.29, 1.82) is 0 Å². The van der Waals surface area contributed by atoms with Crippen molar-refractivity contribution >= 4 is 0 Å². The fraction of sp³-hybridized carbons (Fsp3) is 0.714. The molecule has 0 saturated heterocycles. The molecule has 1 rings (SSSR count). The van der Waals surface area contributed by atoms with Gasteiger partial charge in [0.25, 0.3) is 0 Å². The van der Waals surface area contributed by atoms with Crippen molar-refractivity contribution in [1.82, 2.24) is 0 Å². The predicted molar refractivity (Wildman–Crippen MR) is 36.9 cm³/mol. The van der Waals surface area contributed by atoms with Crippen molar-refractivity contribution in [3.05, 3.63) is 12.2 Å². The average Bonchev–Trinajstić information content (AvgIpc) is 2.37. The van der Waals surface area contributed by atoms with E-state index in [-0.39, 0.29) is 12.6 Å². The van der Waals surface area contributed by atoms with Gasteiger partial charge in [0.15, 0.2) is 0 Å².